The Balaban J connectivity index is 0.000000367. The first-order chi connectivity index (χ1) is 19.4. The summed E-state index contributed by atoms with van der Waals surface area (Å²) in [7, 11) is 0. The Bertz CT molecular complexity index is 1260. The zero-order valence-corrected chi connectivity index (χ0v) is 21.6. The zero-order valence-electron chi connectivity index (χ0n) is 21.6. The Morgan fingerprint density at radius 2 is 1.52 bits per heavy atom. The van der Waals surface area contributed by atoms with Crippen LogP contribution in [0.4, 0.5) is 30.7 Å². The minimum Gasteiger partial charge on any atom is -0.542 e. The van der Waals surface area contributed by atoms with Crippen LogP contribution in [-0.2, 0) is 25.7 Å². The molecule has 1 atom stereocenters. The van der Waals surface area contributed by atoms with Gasteiger partial charge >= 0.3 is 24.0 Å². The van der Waals surface area contributed by atoms with Crippen molar-refractivity contribution in [2.45, 2.75) is 50.6 Å². The predicted molar refractivity (Wildman–Crippen MR) is 123 cm³/mol. The van der Waals surface area contributed by atoms with Crippen LogP contribution >= 0.6 is 0 Å². The summed E-state index contributed by atoms with van der Waals surface area (Å²) in [4.78, 5) is 44.2. The first-order valence-electron chi connectivity index (χ1n) is 12.2. The van der Waals surface area contributed by atoms with Crippen LogP contribution in [0, 0.1) is 5.82 Å². The number of carbonyl (C=O) groups is 4. The molecule has 0 bridgehead atoms. The Kier molecular flexibility index (Phi) is 11.3. The van der Waals surface area contributed by atoms with Crippen LogP contribution in [0.3, 0.4) is 0 Å². The lowest BCUT2D eigenvalue weighted by Gasteiger charge is -2.32. The van der Waals surface area contributed by atoms with E-state index in [1.54, 1.807) is 27.8 Å². The van der Waals surface area contributed by atoms with Crippen molar-refractivity contribution in [1.82, 2.24) is 4.90 Å². The molecule has 3 heterocycles. The average molecular weight is 611 g/mol. The lowest BCUT2D eigenvalue weighted by atomic mass is 10.0. The number of benzene rings is 1. The Morgan fingerprint density at radius 1 is 0.976 bits per heavy atom. The fraction of sp³-hybridized carbons (Fsp3) is 0.440. The van der Waals surface area contributed by atoms with Crippen molar-refractivity contribution in [1.29, 1.82) is 0 Å². The van der Waals surface area contributed by atoms with Crippen molar-refractivity contribution in [2.75, 3.05) is 19.6 Å². The van der Waals surface area contributed by atoms with Crippen LogP contribution in [0.2, 0.25) is 0 Å². The number of aliphatic hydroxyl groups excluding tert-OH is 1. The minimum atomic E-state index is -5.19. The van der Waals surface area contributed by atoms with E-state index >= 15 is 0 Å². The number of carbonyl (C=O) groups excluding carboxylic acids is 4. The number of piperazine rings is 1. The first-order valence-corrected chi connectivity index (χ1v) is 12.2. The van der Waals surface area contributed by atoms with E-state index in [-0.39, 0.29) is 29.9 Å². The Morgan fingerprint density at radius 3 is 2.00 bits per heavy atom. The summed E-state index contributed by atoms with van der Waals surface area (Å²) in [6.07, 6.45) is -3.28. The van der Waals surface area contributed by atoms with Crippen LogP contribution in [-0.4, -0.2) is 93.2 Å². The lowest BCUT2D eigenvalue weighted by Crippen LogP contribution is -2.53. The molecule has 4 rings (SSSR count). The fourth-order valence-corrected chi connectivity index (χ4v) is 4.10. The predicted octanol–water partition coefficient (Wildman–Crippen LogP) is 0.227. The summed E-state index contributed by atoms with van der Waals surface area (Å²) >= 11 is 0. The van der Waals surface area contributed by atoms with Gasteiger partial charge in [-0.3, -0.25) is 9.59 Å². The van der Waals surface area contributed by atoms with Crippen molar-refractivity contribution < 1.29 is 74.4 Å². The normalized spacial score (nSPS) is 18.6. The number of hydrogen-bond acceptors (Lipinski definition) is 7. The van der Waals surface area contributed by atoms with Gasteiger partial charge in [0.1, 0.15) is 37.1 Å². The number of rotatable bonds is 5. The van der Waals surface area contributed by atoms with Crippen LogP contribution in [0.15, 0.2) is 35.7 Å². The van der Waals surface area contributed by atoms with Crippen LogP contribution in [0.1, 0.15) is 31.2 Å². The highest BCUT2D eigenvalue weighted by molar-refractivity contribution is 6.08. The van der Waals surface area contributed by atoms with E-state index in [9.17, 15) is 45.4 Å². The van der Waals surface area contributed by atoms with Crippen LogP contribution in [0.25, 0.3) is 0 Å². The summed E-state index contributed by atoms with van der Waals surface area (Å²) in [6.45, 7) is 2.71. The average Bonchev–Trinajstić information content (AvgIpc) is 3.41. The SMILES string of the molecule is O=C([O-])C(F)(F)F.O=C([O-])C(F)(F)F.O=C1CC=[N+]2C(=C1O)C(=O)N(Cc1ccc(F)cc1)CC2CC[N+]1=CCCC1. The second-order valence-electron chi connectivity index (χ2n) is 9.10. The Labute approximate surface area is 233 Å². The number of nitrogens with zero attached hydrogens (tertiary/aromatic N) is 3. The third-order valence-corrected chi connectivity index (χ3v) is 6.07. The molecule has 0 aliphatic carbocycles. The van der Waals surface area contributed by atoms with Gasteiger partial charge in [0.2, 0.25) is 11.5 Å². The summed E-state index contributed by atoms with van der Waals surface area (Å²) < 4.78 is 80.4. The molecule has 1 N–H and O–H groups in total. The number of hydrogen-bond donors (Lipinski definition) is 1. The second kappa shape index (κ2) is 14.0. The Hall–Kier alpha value is -4.31. The first kappa shape index (κ1) is 33.9. The topological polar surface area (TPSA) is 144 Å². The van der Waals surface area contributed by atoms with Gasteiger partial charge in [-0.25, -0.2) is 8.97 Å². The molecule has 3 aliphatic rings. The molecule has 0 aromatic heterocycles. The number of halogens is 7. The molecule has 10 nitrogen and oxygen atoms in total. The van der Waals surface area contributed by atoms with E-state index in [1.807, 2.05) is 0 Å². The fourth-order valence-electron chi connectivity index (χ4n) is 4.10. The van der Waals surface area contributed by atoms with Gasteiger partial charge in [-0.1, -0.05) is 12.1 Å². The molecule has 1 aromatic rings. The van der Waals surface area contributed by atoms with E-state index in [0.29, 0.717) is 13.1 Å². The lowest BCUT2D eigenvalue weighted by molar-refractivity contribution is -0.551. The van der Waals surface area contributed by atoms with Crippen molar-refractivity contribution in [3.63, 3.8) is 0 Å². The maximum Gasteiger partial charge on any atom is 0.430 e. The smallest absolute Gasteiger partial charge is 0.430 e. The van der Waals surface area contributed by atoms with Gasteiger partial charge in [0.05, 0.1) is 19.4 Å². The zero-order chi connectivity index (χ0) is 31.8. The van der Waals surface area contributed by atoms with E-state index in [4.69, 9.17) is 19.8 Å². The summed E-state index contributed by atoms with van der Waals surface area (Å²) in [5, 5.41) is 27.9. The quantitative estimate of drug-likeness (QED) is 0.371. The van der Waals surface area contributed by atoms with Crippen LogP contribution in [0.5, 0.6) is 0 Å². The van der Waals surface area contributed by atoms with Crippen molar-refractivity contribution in [3.05, 3.63) is 47.1 Å². The van der Waals surface area contributed by atoms with Crippen molar-refractivity contribution in [3.8, 4) is 0 Å². The maximum absolute atomic E-state index is 13.2. The molecule has 1 fully saturated rings. The number of fused-ring (bicyclic) bond motifs is 1. The molecular weight excluding hydrogens is 587 g/mol. The van der Waals surface area contributed by atoms with Gasteiger partial charge in [0.15, 0.2) is 12.3 Å². The molecular formula is C25H24F7N3O7. The highest BCUT2D eigenvalue weighted by Crippen LogP contribution is 2.25. The van der Waals surface area contributed by atoms with E-state index < -0.39 is 35.8 Å². The number of aliphatic carboxylic acids is 2. The molecule has 1 saturated heterocycles. The molecule has 1 unspecified atom stereocenters. The number of carboxylic acid groups (broad SMARTS) is 2. The third kappa shape index (κ3) is 9.66. The molecule has 230 valence electrons. The number of aliphatic hydroxyl groups is 1. The van der Waals surface area contributed by atoms with Gasteiger partial charge in [0, 0.05) is 19.4 Å². The maximum atomic E-state index is 13.2. The number of Topliss-reactive ketones (excluding diaryl/α,β-unsaturated/α-hetero) is 1. The monoisotopic (exact) mass is 611 g/mol. The van der Waals surface area contributed by atoms with E-state index in [2.05, 4.69) is 10.8 Å². The number of carboxylic acids is 2. The molecule has 17 heteroatoms. The van der Waals surface area contributed by atoms with Gasteiger partial charge in [-0.2, -0.15) is 30.9 Å². The van der Waals surface area contributed by atoms with Gasteiger partial charge in [-0.05, 0) is 17.7 Å². The van der Waals surface area contributed by atoms with E-state index in [0.717, 1.165) is 37.9 Å². The molecule has 0 saturated carbocycles. The minimum absolute atomic E-state index is 0.0163. The van der Waals surface area contributed by atoms with Gasteiger partial charge < -0.3 is 29.8 Å². The molecule has 1 aromatic carbocycles. The molecule has 3 aliphatic heterocycles. The number of amides is 1. The summed E-state index contributed by atoms with van der Waals surface area (Å²) in [6, 6.07) is 6.01. The molecule has 0 radical (unpaired) electrons. The van der Waals surface area contributed by atoms with Gasteiger partial charge in [-0.15, -0.1) is 0 Å². The largest absolute Gasteiger partial charge is 0.542 e. The summed E-state index contributed by atoms with van der Waals surface area (Å²) in [5.41, 5.74) is 0.876. The van der Waals surface area contributed by atoms with Crippen molar-refractivity contribution in [2.24, 2.45) is 0 Å². The highest BCUT2D eigenvalue weighted by atomic mass is 19.4. The number of alkyl halides is 6. The standard InChI is InChI=1S/C21H23FN3O3.2C2HF3O2/c22-16-5-3-15(4-6-16)13-24-14-17(7-11-23-9-1-2-10-23)25-12-8-18(26)20(27)19(25)21(24)28;2*3-2(4,5)1(6)7/h3-6,9,12,17H,1-2,7-8,10-11,13-14H2;2*(H,6,7)/q+1;;/p-1. The van der Waals surface area contributed by atoms with Crippen molar-refractivity contribution >= 4 is 36.1 Å². The number of allylic oxidation sites excluding steroid dienone is 1. The number of ketones is 1. The van der Waals surface area contributed by atoms with E-state index in [1.165, 1.54) is 12.1 Å². The second-order valence-corrected chi connectivity index (χ2v) is 9.10. The molecule has 1 amide bonds. The van der Waals surface area contributed by atoms with Crippen LogP contribution < -0.4 is 10.2 Å². The molecule has 42 heavy (non-hydrogen) atoms. The summed E-state index contributed by atoms with van der Waals surface area (Å²) in [5.74, 6) is -7.59. The highest BCUT2D eigenvalue weighted by Gasteiger charge is 2.46. The third-order valence-electron chi connectivity index (χ3n) is 6.07. The molecule has 0 spiro atoms. The van der Waals surface area contributed by atoms with Gasteiger partial charge in [0.25, 0.3) is 0 Å².